The number of nitrogens with two attached hydrogens (primary N) is 1. The van der Waals surface area contributed by atoms with Gasteiger partial charge in [0.25, 0.3) is 11.5 Å². The number of ether oxygens (including phenoxy) is 1. The van der Waals surface area contributed by atoms with Crippen LogP contribution in [0.4, 0.5) is 0 Å². The van der Waals surface area contributed by atoms with Crippen molar-refractivity contribution in [3.8, 4) is 17.0 Å². The predicted octanol–water partition coefficient (Wildman–Crippen LogP) is 2.87. The molecule has 1 amide bonds. The van der Waals surface area contributed by atoms with Gasteiger partial charge in [-0.25, -0.2) is 4.79 Å². The third-order valence-corrected chi connectivity index (χ3v) is 4.55. The van der Waals surface area contributed by atoms with Gasteiger partial charge in [-0.3, -0.25) is 9.59 Å². The maximum atomic E-state index is 12.1. The monoisotopic (exact) mass is 470 g/mol. The second kappa shape index (κ2) is 8.35. The topological polar surface area (TPSA) is 122 Å². The van der Waals surface area contributed by atoms with Crippen LogP contribution in [0.15, 0.2) is 29.1 Å². The van der Waals surface area contributed by atoms with Crippen LogP contribution in [0.3, 0.4) is 0 Å². The number of primary amides is 1. The Balaban J connectivity index is 2.40. The Morgan fingerprint density at radius 2 is 2.00 bits per heavy atom. The van der Waals surface area contributed by atoms with E-state index in [2.05, 4.69) is 41.4 Å². The molecular formula is C18H19IN2O5. The number of halogens is 1. The van der Waals surface area contributed by atoms with Gasteiger partial charge in [-0.2, -0.15) is 0 Å². The van der Waals surface area contributed by atoms with Gasteiger partial charge in [0, 0.05) is 5.69 Å². The number of hydrogen-bond donors (Lipinski definition) is 3. The number of H-pyrrole nitrogens is 1. The molecule has 0 aliphatic heterocycles. The van der Waals surface area contributed by atoms with Gasteiger partial charge in [0.05, 0.1) is 15.7 Å². The Hall–Kier alpha value is -2.36. The number of carboxylic acid groups (broad SMARTS) is 1. The highest BCUT2D eigenvalue weighted by atomic mass is 127. The quantitative estimate of drug-likeness (QED) is 0.538. The van der Waals surface area contributed by atoms with Crippen LogP contribution in [0.2, 0.25) is 0 Å². The zero-order chi connectivity index (χ0) is 19.4. The number of benzene rings is 1. The fraction of sp³-hybridized carbons (Fsp3) is 0.278. The molecule has 1 aromatic carbocycles. The van der Waals surface area contributed by atoms with Crippen molar-refractivity contribution in [3.63, 3.8) is 0 Å². The molecule has 0 atom stereocenters. The molecule has 2 aromatic rings. The third-order valence-electron chi connectivity index (χ3n) is 3.71. The average Bonchev–Trinajstić information content (AvgIpc) is 2.54. The number of rotatable bonds is 7. The molecule has 8 heteroatoms. The lowest BCUT2D eigenvalue weighted by Crippen LogP contribution is -2.27. The smallest absolute Gasteiger partial charge is 0.336 e. The molecule has 0 unspecified atom stereocenters. The number of nitrogens with one attached hydrogen (secondary N) is 1. The van der Waals surface area contributed by atoms with Crippen LogP contribution in [0.5, 0.6) is 5.75 Å². The first kappa shape index (κ1) is 20.0. The van der Waals surface area contributed by atoms with Crippen molar-refractivity contribution < 1.29 is 19.4 Å². The van der Waals surface area contributed by atoms with Crippen molar-refractivity contribution in [2.75, 3.05) is 6.61 Å². The number of aromatic carboxylic acids is 1. The van der Waals surface area contributed by atoms with E-state index in [0.29, 0.717) is 23.8 Å². The number of hydrogen-bond acceptors (Lipinski definition) is 4. The predicted molar refractivity (Wildman–Crippen MR) is 106 cm³/mol. The molecule has 0 saturated heterocycles. The Morgan fingerprint density at radius 1 is 1.31 bits per heavy atom. The Kier molecular flexibility index (Phi) is 6.41. The van der Waals surface area contributed by atoms with E-state index in [0.717, 1.165) is 9.99 Å². The van der Waals surface area contributed by atoms with Gasteiger partial charge in [0.1, 0.15) is 11.3 Å². The highest BCUT2D eigenvalue weighted by Gasteiger charge is 2.20. The SMILES string of the molecule is CC(C)CCOc1ccc(-c2cc(C(=O)O)c(C(N)=O)c(=O)[nH]2)cc1I. The molecule has 138 valence electrons. The Labute approximate surface area is 163 Å². The first-order valence-electron chi connectivity index (χ1n) is 7.93. The Morgan fingerprint density at radius 3 is 2.54 bits per heavy atom. The second-order valence-electron chi connectivity index (χ2n) is 6.15. The number of aromatic amines is 1. The summed E-state index contributed by atoms with van der Waals surface area (Å²) in [6.45, 7) is 4.83. The molecule has 1 heterocycles. The summed E-state index contributed by atoms with van der Waals surface area (Å²) in [7, 11) is 0. The third kappa shape index (κ3) is 4.63. The molecule has 7 nitrogen and oxygen atoms in total. The first-order valence-corrected chi connectivity index (χ1v) is 9.01. The molecule has 0 aliphatic carbocycles. The van der Waals surface area contributed by atoms with Crippen LogP contribution in [-0.2, 0) is 0 Å². The number of carbonyl (C=O) groups is 2. The molecule has 0 radical (unpaired) electrons. The van der Waals surface area contributed by atoms with Crippen LogP contribution in [0, 0.1) is 9.49 Å². The molecule has 0 spiro atoms. The standard InChI is InChI=1S/C18H19IN2O5/c1-9(2)5-6-26-14-4-3-10(7-12(14)19)13-8-11(18(24)25)15(16(20)22)17(23)21-13/h3-4,7-9H,5-6H2,1-2H3,(H2,20,22)(H,21,23)(H,24,25). The molecule has 0 bridgehead atoms. The maximum absolute atomic E-state index is 12.1. The molecule has 1 aromatic heterocycles. The maximum Gasteiger partial charge on any atom is 0.336 e. The summed E-state index contributed by atoms with van der Waals surface area (Å²) in [4.78, 5) is 37.3. The highest BCUT2D eigenvalue weighted by molar-refractivity contribution is 14.1. The summed E-state index contributed by atoms with van der Waals surface area (Å²) in [6, 6.07) is 6.48. The van der Waals surface area contributed by atoms with Gasteiger partial charge >= 0.3 is 5.97 Å². The van der Waals surface area contributed by atoms with Gasteiger partial charge in [-0.1, -0.05) is 13.8 Å². The fourth-order valence-corrected chi connectivity index (χ4v) is 2.99. The molecule has 0 saturated carbocycles. The van der Waals surface area contributed by atoms with Gasteiger partial charge < -0.3 is 20.6 Å². The number of pyridine rings is 1. The van der Waals surface area contributed by atoms with Crippen molar-refractivity contribution in [3.05, 3.63) is 49.3 Å². The summed E-state index contributed by atoms with van der Waals surface area (Å²) >= 11 is 2.11. The van der Waals surface area contributed by atoms with Gasteiger partial charge in [-0.15, -0.1) is 0 Å². The van der Waals surface area contributed by atoms with Crippen LogP contribution < -0.4 is 16.0 Å². The largest absolute Gasteiger partial charge is 0.492 e. The Bertz CT molecular complexity index is 905. The van der Waals surface area contributed by atoms with Crippen molar-refractivity contribution in [1.29, 1.82) is 0 Å². The number of amides is 1. The fourth-order valence-electron chi connectivity index (χ4n) is 2.32. The van der Waals surface area contributed by atoms with E-state index < -0.39 is 28.6 Å². The summed E-state index contributed by atoms with van der Waals surface area (Å²) in [5.74, 6) is -1.23. The minimum Gasteiger partial charge on any atom is -0.492 e. The minimum atomic E-state index is -1.39. The second-order valence-corrected chi connectivity index (χ2v) is 7.31. The van der Waals surface area contributed by atoms with E-state index in [1.807, 2.05) is 0 Å². The number of carboxylic acids is 1. The minimum absolute atomic E-state index is 0.282. The van der Waals surface area contributed by atoms with Crippen molar-refractivity contribution in [2.24, 2.45) is 11.7 Å². The molecule has 0 aliphatic rings. The van der Waals surface area contributed by atoms with Crippen LogP contribution in [-0.4, -0.2) is 28.6 Å². The van der Waals surface area contributed by atoms with Crippen LogP contribution in [0.25, 0.3) is 11.3 Å². The van der Waals surface area contributed by atoms with E-state index in [1.165, 1.54) is 6.07 Å². The van der Waals surface area contributed by atoms with Gasteiger partial charge in [-0.05, 0) is 64.8 Å². The zero-order valence-electron chi connectivity index (χ0n) is 14.3. The van der Waals surface area contributed by atoms with Crippen LogP contribution in [0.1, 0.15) is 41.0 Å². The summed E-state index contributed by atoms with van der Waals surface area (Å²) < 4.78 is 6.56. The molecule has 0 fully saturated rings. The van der Waals surface area contributed by atoms with Crippen LogP contribution >= 0.6 is 22.6 Å². The molecule has 26 heavy (non-hydrogen) atoms. The average molecular weight is 470 g/mol. The molecular weight excluding hydrogens is 451 g/mol. The summed E-state index contributed by atoms with van der Waals surface area (Å²) in [6.07, 6.45) is 0.932. The van der Waals surface area contributed by atoms with E-state index in [9.17, 15) is 19.5 Å². The number of aromatic nitrogens is 1. The van der Waals surface area contributed by atoms with E-state index >= 15 is 0 Å². The van der Waals surface area contributed by atoms with E-state index in [4.69, 9.17) is 10.5 Å². The van der Waals surface area contributed by atoms with Crippen molar-refractivity contribution in [1.82, 2.24) is 4.98 Å². The lowest BCUT2D eigenvalue weighted by Gasteiger charge is -2.12. The van der Waals surface area contributed by atoms with E-state index in [1.54, 1.807) is 18.2 Å². The number of carbonyl (C=O) groups excluding carboxylic acids is 1. The molecule has 2 rings (SSSR count). The van der Waals surface area contributed by atoms with Gasteiger partial charge in [0.2, 0.25) is 0 Å². The van der Waals surface area contributed by atoms with E-state index in [-0.39, 0.29) is 5.69 Å². The highest BCUT2D eigenvalue weighted by Crippen LogP contribution is 2.27. The van der Waals surface area contributed by atoms with Crippen molar-refractivity contribution >= 4 is 34.5 Å². The van der Waals surface area contributed by atoms with Crippen molar-refractivity contribution in [2.45, 2.75) is 20.3 Å². The first-order chi connectivity index (χ1) is 12.2. The normalized spacial score (nSPS) is 10.8. The van der Waals surface area contributed by atoms with Gasteiger partial charge in [0.15, 0.2) is 0 Å². The summed E-state index contributed by atoms with van der Waals surface area (Å²) in [5, 5.41) is 9.27. The molecule has 4 N–H and O–H groups in total. The summed E-state index contributed by atoms with van der Waals surface area (Å²) in [5.41, 5.74) is 4.17. The lowest BCUT2D eigenvalue weighted by atomic mass is 10.0. The zero-order valence-corrected chi connectivity index (χ0v) is 16.5. The lowest BCUT2D eigenvalue weighted by molar-refractivity contribution is 0.0691.